The molecule has 3 rings (SSSR count). The van der Waals surface area contributed by atoms with Crippen LogP contribution in [-0.4, -0.2) is 23.5 Å². The molecule has 0 saturated carbocycles. The maximum atomic E-state index is 11.9. The zero-order valence-corrected chi connectivity index (χ0v) is 11.7. The van der Waals surface area contributed by atoms with Gasteiger partial charge >= 0.3 is 0 Å². The van der Waals surface area contributed by atoms with Crippen LogP contribution in [-0.2, 0) is 4.79 Å². The molecule has 1 fully saturated rings. The van der Waals surface area contributed by atoms with Gasteiger partial charge in [0.05, 0.1) is 12.2 Å². The Kier molecular flexibility index (Phi) is 3.94. The lowest BCUT2D eigenvalue weighted by molar-refractivity contribution is -0.117. The molecule has 2 aromatic rings. The van der Waals surface area contributed by atoms with E-state index >= 15 is 0 Å². The highest BCUT2D eigenvalue weighted by Gasteiger charge is 2.22. The van der Waals surface area contributed by atoms with Gasteiger partial charge in [-0.15, -0.1) is 0 Å². The fourth-order valence-electron chi connectivity index (χ4n) is 2.07. The SMILES string of the molecule is O=C(Nc1ncc(Oc2ccccc2)s1)C1CCCN1. The molecule has 2 heterocycles. The van der Waals surface area contributed by atoms with Crippen molar-refractivity contribution in [2.45, 2.75) is 18.9 Å². The lowest BCUT2D eigenvalue weighted by Gasteiger charge is -2.08. The summed E-state index contributed by atoms with van der Waals surface area (Å²) in [6.45, 7) is 0.901. The van der Waals surface area contributed by atoms with Gasteiger partial charge in [-0.25, -0.2) is 4.98 Å². The van der Waals surface area contributed by atoms with Gasteiger partial charge in [-0.3, -0.25) is 4.79 Å². The summed E-state index contributed by atoms with van der Waals surface area (Å²) >= 11 is 1.32. The van der Waals surface area contributed by atoms with Gasteiger partial charge in [0.2, 0.25) is 11.0 Å². The highest BCUT2D eigenvalue weighted by Crippen LogP contribution is 2.30. The maximum Gasteiger partial charge on any atom is 0.243 e. The van der Waals surface area contributed by atoms with Crippen molar-refractivity contribution in [1.82, 2.24) is 10.3 Å². The minimum absolute atomic E-state index is 0.0249. The molecule has 104 valence electrons. The van der Waals surface area contributed by atoms with Crippen LogP contribution in [0.1, 0.15) is 12.8 Å². The molecular formula is C14H15N3O2S. The smallest absolute Gasteiger partial charge is 0.243 e. The summed E-state index contributed by atoms with van der Waals surface area (Å²) in [7, 11) is 0. The van der Waals surface area contributed by atoms with Gasteiger partial charge in [-0.1, -0.05) is 29.5 Å². The predicted octanol–water partition coefficient (Wildman–Crippen LogP) is 2.63. The molecule has 1 aromatic heterocycles. The quantitative estimate of drug-likeness (QED) is 0.908. The van der Waals surface area contributed by atoms with Crippen molar-refractivity contribution in [3.63, 3.8) is 0 Å². The third-order valence-corrected chi connectivity index (χ3v) is 3.84. The van der Waals surface area contributed by atoms with Crippen molar-refractivity contribution in [3.05, 3.63) is 36.5 Å². The number of aromatic nitrogens is 1. The van der Waals surface area contributed by atoms with Crippen LogP contribution in [0.2, 0.25) is 0 Å². The second kappa shape index (κ2) is 6.02. The van der Waals surface area contributed by atoms with Gasteiger partial charge < -0.3 is 15.4 Å². The van der Waals surface area contributed by atoms with Crippen LogP contribution >= 0.6 is 11.3 Å². The normalized spacial score (nSPS) is 17.9. The number of anilines is 1. The van der Waals surface area contributed by atoms with Crippen molar-refractivity contribution < 1.29 is 9.53 Å². The van der Waals surface area contributed by atoms with Gasteiger partial charge in [0, 0.05) is 0 Å². The van der Waals surface area contributed by atoms with Crippen LogP contribution in [0.25, 0.3) is 0 Å². The monoisotopic (exact) mass is 289 g/mol. The number of hydrogen-bond donors (Lipinski definition) is 2. The molecule has 1 saturated heterocycles. The molecule has 1 amide bonds. The Hall–Kier alpha value is -1.92. The molecule has 0 aliphatic carbocycles. The average molecular weight is 289 g/mol. The summed E-state index contributed by atoms with van der Waals surface area (Å²) in [6.07, 6.45) is 3.54. The number of hydrogen-bond acceptors (Lipinski definition) is 5. The van der Waals surface area contributed by atoms with Gasteiger partial charge in [0.25, 0.3) is 0 Å². The molecular weight excluding hydrogens is 274 g/mol. The molecule has 1 atom stereocenters. The van der Waals surface area contributed by atoms with E-state index in [9.17, 15) is 4.79 Å². The lowest BCUT2D eigenvalue weighted by atomic mass is 10.2. The van der Waals surface area contributed by atoms with Crippen LogP contribution < -0.4 is 15.4 Å². The Balaban J connectivity index is 1.60. The fourth-order valence-corrected chi connectivity index (χ4v) is 2.76. The number of carbonyl (C=O) groups is 1. The molecule has 1 aliphatic heterocycles. The largest absolute Gasteiger partial charge is 0.445 e. The van der Waals surface area contributed by atoms with E-state index in [0.717, 1.165) is 25.1 Å². The van der Waals surface area contributed by atoms with E-state index in [1.165, 1.54) is 11.3 Å². The van der Waals surface area contributed by atoms with Crippen molar-refractivity contribution >= 4 is 22.4 Å². The summed E-state index contributed by atoms with van der Waals surface area (Å²) in [5, 5.41) is 7.20. The van der Waals surface area contributed by atoms with E-state index in [2.05, 4.69) is 15.6 Å². The molecule has 6 heteroatoms. The van der Waals surface area contributed by atoms with Crippen LogP contribution in [0.15, 0.2) is 36.5 Å². The first kappa shape index (κ1) is 13.1. The number of amides is 1. The first-order valence-electron chi connectivity index (χ1n) is 6.54. The number of ether oxygens (including phenoxy) is 1. The first-order chi connectivity index (χ1) is 9.81. The zero-order chi connectivity index (χ0) is 13.8. The Morgan fingerprint density at radius 2 is 2.25 bits per heavy atom. The van der Waals surface area contributed by atoms with Crippen molar-refractivity contribution in [2.75, 3.05) is 11.9 Å². The van der Waals surface area contributed by atoms with Crippen LogP contribution in [0.3, 0.4) is 0 Å². The van der Waals surface area contributed by atoms with E-state index in [-0.39, 0.29) is 11.9 Å². The third kappa shape index (κ3) is 3.15. The lowest BCUT2D eigenvalue weighted by Crippen LogP contribution is -2.35. The topological polar surface area (TPSA) is 63.2 Å². The Bertz CT molecular complexity index is 579. The molecule has 0 spiro atoms. The summed E-state index contributed by atoms with van der Waals surface area (Å²) in [5.41, 5.74) is 0. The predicted molar refractivity (Wildman–Crippen MR) is 78.3 cm³/mol. The van der Waals surface area contributed by atoms with Crippen LogP contribution in [0.5, 0.6) is 10.8 Å². The van der Waals surface area contributed by atoms with E-state index in [1.807, 2.05) is 30.3 Å². The van der Waals surface area contributed by atoms with E-state index in [4.69, 9.17) is 4.74 Å². The standard InChI is InChI=1S/C14H15N3O2S/c18-13(11-7-4-8-15-11)17-14-16-9-12(20-14)19-10-5-2-1-3-6-10/h1-3,5-6,9,11,15H,4,7-8H2,(H,16,17,18). The van der Waals surface area contributed by atoms with Crippen LogP contribution in [0.4, 0.5) is 5.13 Å². The fraction of sp³-hybridized carbons (Fsp3) is 0.286. The van der Waals surface area contributed by atoms with Crippen molar-refractivity contribution in [3.8, 4) is 10.8 Å². The second-order valence-electron chi connectivity index (χ2n) is 4.54. The number of para-hydroxylation sites is 1. The van der Waals surface area contributed by atoms with E-state index < -0.39 is 0 Å². The van der Waals surface area contributed by atoms with Gasteiger partial charge in [-0.2, -0.15) is 0 Å². The summed E-state index contributed by atoms with van der Waals surface area (Å²) in [5.74, 6) is 0.731. The Morgan fingerprint density at radius 1 is 1.40 bits per heavy atom. The number of carbonyl (C=O) groups excluding carboxylic acids is 1. The first-order valence-corrected chi connectivity index (χ1v) is 7.36. The van der Waals surface area contributed by atoms with Gasteiger partial charge in [-0.05, 0) is 31.5 Å². The highest BCUT2D eigenvalue weighted by molar-refractivity contribution is 7.17. The van der Waals surface area contributed by atoms with E-state index in [0.29, 0.717) is 10.2 Å². The molecule has 1 unspecified atom stereocenters. The van der Waals surface area contributed by atoms with Crippen molar-refractivity contribution in [1.29, 1.82) is 0 Å². The van der Waals surface area contributed by atoms with Gasteiger partial charge in [0.1, 0.15) is 5.75 Å². The molecule has 20 heavy (non-hydrogen) atoms. The molecule has 1 aromatic carbocycles. The zero-order valence-electron chi connectivity index (χ0n) is 10.8. The average Bonchev–Trinajstić information content (AvgIpc) is 3.11. The molecule has 2 N–H and O–H groups in total. The number of rotatable bonds is 4. The van der Waals surface area contributed by atoms with E-state index in [1.54, 1.807) is 6.20 Å². The molecule has 0 radical (unpaired) electrons. The minimum Gasteiger partial charge on any atom is -0.445 e. The summed E-state index contributed by atoms with van der Waals surface area (Å²) < 4.78 is 5.66. The number of thiazole rings is 1. The van der Waals surface area contributed by atoms with Crippen molar-refractivity contribution in [2.24, 2.45) is 0 Å². The highest BCUT2D eigenvalue weighted by atomic mass is 32.1. The number of nitrogens with one attached hydrogen (secondary N) is 2. The Labute approximate surface area is 121 Å². The summed E-state index contributed by atoms with van der Waals surface area (Å²) in [4.78, 5) is 16.1. The van der Waals surface area contributed by atoms with Crippen LogP contribution in [0, 0.1) is 0 Å². The second-order valence-corrected chi connectivity index (χ2v) is 5.53. The number of benzene rings is 1. The molecule has 5 nitrogen and oxygen atoms in total. The molecule has 1 aliphatic rings. The Morgan fingerprint density at radius 3 is 3.00 bits per heavy atom. The maximum absolute atomic E-state index is 11.9. The summed E-state index contributed by atoms with van der Waals surface area (Å²) in [6, 6.07) is 9.40. The third-order valence-electron chi connectivity index (χ3n) is 3.05. The number of nitrogens with zero attached hydrogens (tertiary/aromatic N) is 1. The van der Waals surface area contributed by atoms with Gasteiger partial charge in [0.15, 0.2) is 5.13 Å². The minimum atomic E-state index is -0.0996. The molecule has 0 bridgehead atoms.